The number of nitrogens with one attached hydrogen (secondary N) is 2. The van der Waals surface area contributed by atoms with Gasteiger partial charge < -0.3 is 10.2 Å². The van der Waals surface area contributed by atoms with Gasteiger partial charge >= 0.3 is 0 Å². The molecule has 0 fully saturated rings. The molecule has 2 aliphatic heterocycles. The van der Waals surface area contributed by atoms with Crippen LogP contribution in [0.25, 0.3) is 11.1 Å². The van der Waals surface area contributed by atoms with Crippen molar-refractivity contribution in [2.75, 3.05) is 24.9 Å². The van der Waals surface area contributed by atoms with Gasteiger partial charge in [-0.25, -0.2) is 0 Å². The number of aromatic nitrogens is 1. The molecule has 0 bridgehead atoms. The van der Waals surface area contributed by atoms with Crippen LogP contribution in [-0.4, -0.2) is 37.8 Å². The Kier molecular flexibility index (Phi) is 3.82. The summed E-state index contributed by atoms with van der Waals surface area (Å²) < 4.78 is 34.0. The van der Waals surface area contributed by atoms with Gasteiger partial charge in [-0.1, -0.05) is 12.1 Å². The van der Waals surface area contributed by atoms with Crippen LogP contribution in [0.1, 0.15) is 11.1 Å². The first-order valence-electron chi connectivity index (χ1n) is 7.77. The SMILES string of the molecule is CN1CC=c2sncc2=C1S(=O)(=O)Nc1cccc2c1CNCC2. The third-order valence-corrected chi connectivity index (χ3v) is 6.69. The molecule has 1 aromatic carbocycles. The number of rotatable bonds is 3. The number of fused-ring (bicyclic) bond motifs is 2. The predicted molar refractivity (Wildman–Crippen MR) is 96.3 cm³/mol. The highest BCUT2D eigenvalue weighted by molar-refractivity contribution is 8.01. The molecular weight excluding hydrogens is 344 g/mol. The van der Waals surface area contributed by atoms with Crippen LogP contribution in [0.4, 0.5) is 5.69 Å². The van der Waals surface area contributed by atoms with Crippen LogP contribution in [0.3, 0.4) is 0 Å². The third-order valence-electron chi connectivity index (χ3n) is 4.37. The van der Waals surface area contributed by atoms with Crippen molar-refractivity contribution in [3.8, 4) is 0 Å². The summed E-state index contributed by atoms with van der Waals surface area (Å²) in [5.74, 6) is 0. The van der Waals surface area contributed by atoms with Crippen molar-refractivity contribution in [3.05, 3.63) is 45.3 Å². The fraction of sp³-hybridized carbons (Fsp3) is 0.312. The number of anilines is 1. The molecule has 0 saturated heterocycles. The van der Waals surface area contributed by atoms with E-state index < -0.39 is 10.0 Å². The molecule has 8 heteroatoms. The molecule has 1 aromatic heterocycles. The lowest BCUT2D eigenvalue weighted by molar-refractivity contribution is 0.538. The summed E-state index contributed by atoms with van der Waals surface area (Å²) in [5, 5.41) is 4.26. The molecule has 0 amide bonds. The van der Waals surface area contributed by atoms with Gasteiger partial charge in [0, 0.05) is 25.4 Å². The molecule has 0 atom stereocenters. The summed E-state index contributed by atoms with van der Waals surface area (Å²) in [6.07, 6.45) is 4.54. The average Bonchev–Trinajstić information content (AvgIpc) is 3.02. The topological polar surface area (TPSA) is 74.3 Å². The van der Waals surface area contributed by atoms with E-state index in [1.165, 1.54) is 17.1 Å². The maximum Gasteiger partial charge on any atom is 0.277 e. The summed E-state index contributed by atoms with van der Waals surface area (Å²) in [6, 6.07) is 5.79. The maximum atomic E-state index is 13.1. The fourth-order valence-electron chi connectivity index (χ4n) is 3.22. The van der Waals surface area contributed by atoms with Crippen LogP contribution in [0.2, 0.25) is 0 Å². The molecule has 2 N–H and O–H groups in total. The highest BCUT2D eigenvalue weighted by Gasteiger charge is 2.26. The zero-order valence-electron chi connectivity index (χ0n) is 13.2. The van der Waals surface area contributed by atoms with E-state index in [-0.39, 0.29) is 5.03 Å². The lowest BCUT2D eigenvalue weighted by atomic mass is 10.00. The predicted octanol–water partition coefficient (Wildman–Crippen LogP) is 0.0223. The van der Waals surface area contributed by atoms with Crippen LogP contribution >= 0.6 is 11.5 Å². The normalized spacial score (nSPS) is 17.0. The van der Waals surface area contributed by atoms with Gasteiger partial charge in [0.2, 0.25) is 0 Å². The van der Waals surface area contributed by atoms with Gasteiger partial charge in [0.25, 0.3) is 10.0 Å². The van der Waals surface area contributed by atoms with Gasteiger partial charge in [-0.2, -0.15) is 12.8 Å². The second-order valence-corrected chi connectivity index (χ2v) is 8.40. The highest BCUT2D eigenvalue weighted by Crippen LogP contribution is 2.26. The number of hydrogen-bond donors (Lipinski definition) is 2. The molecule has 0 spiro atoms. The Labute approximate surface area is 144 Å². The first-order chi connectivity index (χ1) is 11.6. The minimum Gasteiger partial charge on any atom is -0.360 e. The van der Waals surface area contributed by atoms with Crippen molar-refractivity contribution in [2.45, 2.75) is 13.0 Å². The minimum absolute atomic E-state index is 0.287. The zero-order chi connectivity index (χ0) is 16.7. The summed E-state index contributed by atoms with van der Waals surface area (Å²) in [7, 11) is -1.91. The number of sulfonamides is 1. The lowest BCUT2D eigenvalue weighted by Crippen LogP contribution is -2.40. The van der Waals surface area contributed by atoms with Gasteiger partial charge in [0.05, 0.1) is 16.4 Å². The van der Waals surface area contributed by atoms with Gasteiger partial charge in [-0.15, -0.1) is 0 Å². The van der Waals surface area contributed by atoms with Crippen molar-refractivity contribution in [1.82, 2.24) is 14.6 Å². The average molecular weight is 362 g/mol. The quantitative estimate of drug-likeness (QED) is 0.805. The minimum atomic E-state index is -3.69. The Hall–Kier alpha value is -1.90. The second kappa shape index (κ2) is 5.87. The monoisotopic (exact) mass is 362 g/mol. The van der Waals surface area contributed by atoms with E-state index in [2.05, 4.69) is 20.5 Å². The molecule has 0 aliphatic carbocycles. The van der Waals surface area contributed by atoms with E-state index in [9.17, 15) is 8.42 Å². The van der Waals surface area contributed by atoms with Crippen molar-refractivity contribution in [3.63, 3.8) is 0 Å². The molecule has 4 rings (SSSR count). The Balaban J connectivity index is 1.81. The number of nitrogens with zero attached hydrogens (tertiary/aromatic N) is 2. The first-order valence-corrected chi connectivity index (χ1v) is 10.0. The van der Waals surface area contributed by atoms with Gasteiger partial charge in [-0.05, 0) is 47.8 Å². The van der Waals surface area contributed by atoms with Crippen LogP contribution in [0.15, 0.2) is 24.4 Å². The Morgan fingerprint density at radius 2 is 2.25 bits per heavy atom. The molecule has 2 aliphatic rings. The summed E-state index contributed by atoms with van der Waals surface area (Å²) in [5.41, 5.74) is 2.88. The van der Waals surface area contributed by atoms with E-state index in [1.54, 1.807) is 18.1 Å². The standard InChI is InChI=1S/C16H18N4O2S2/c1-20-8-6-15-13(10-18-23-15)16(20)24(21,22)19-14-4-2-3-11-5-7-17-9-12(11)14/h2-4,6,10,17,19H,5,7-9H2,1H3. The smallest absolute Gasteiger partial charge is 0.277 e. The van der Waals surface area contributed by atoms with Crippen molar-refractivity contribution >= 4 is 38.3 Å². The molecule has 0 radical (unpaired) electrons. The summed E-state index contributed by atoms with van der Waals surface area (Å²) >= 11 is 1.32. The second-order valence-electron chi connectivity index (χ2n) is 5.97. The molecule has 2 aromatic rings. The molecule has 3 heterocycles. The molecular formula is C16H18N4O2S2. The Bertz CT molecular complexity index is 1010. The summed E-state index contributed by atoms with van der Waals surface area (Å²) in [4.78, 5) is 1.74. The Morgan fingerprint density at radius 1 is 1.38 bits per heavy atom. The van der Waals surface area contributed by atoms with Gasteiger partial charge in [-0.3, -0.25) is 4.72 Å². The van der Waals surface area contributed by atoms with Crippen LogP contribution < -0.4 is 19.8 Å². The van der Waals surface area contributed by atoms with Crippen molar-refractivity contribution in [1.29, 1.82) is 0 Å². The molecule has 0 saturated carbocycles. The van der Waals surface area contributed by atoms with Crippen LogP contribution in [0.5, 0.6) is 0 Å². The first kappa shape index (κ1) is 15.6. The Morgan fingerprint density at radius 3 is 3.12 bits per heavy atom. The third kappa shape index (κ3) is 2.60. The van der Waals surface area contributed by atoms with E-state index in [1.807, 2.05) is 18.2 Å². The van der Waals surface area contributed by atoms with E-state index in [0.29, 0.717) is 24.0 Å². The number of hydrogen-bond acceptors (Lipinski definition) is 6. The lowest BCUT2D eigenvalue weighted by Gasteiger charge is -2.25. The number of benzene rings is 1. The van der Waals surface area contributed by atoms with E-state index in [0.717, 1.165) is 23.1 Å². The molecule has 24 heavy (non-hydrogen) atoms. The van der Waals surface area contributed by atoms with E-state index in [4.69, 9.17) is 0 Å². The summed E-state index contributed by atoms with van der Waals surface area (Å²) in [6.45, 7) is 2.15. The molecule has 0 unspecified atom stereocenters. The molecule has 126 valence electrons. The van der Waals surface area contributed by atoms with Gasteiger partial charge in [0.1, 0.15) is 0 Å². The van der Waals surface area contributed by atoms with Gasteiger partial charge in [0.15, 0.2) is 5.03 Å². The largest absolute Gasteiger partial charge is 0.360 e. The zero-order valence-corrected chi connectivity index (χ0v) is 14.9. The van der Waals surface area contributed by atoms with E-state index >= 15 is 0 Å². The van der Waals surface area contributed by atoms with Crippen molar-refractivity contribution in [2.24, 2.45) is 0 Å². The maximum absolute atomic E-state index is 13.1. The van der Waals surface area contributed by atoms with Crippen LogP contribution in [-0.2, 0) is 23.0 Å². The van der Waals surface area contributed by atoms with Crippen LogP contribution in [0, 0.1) is 0 Å². The van der Waals surface area contributed by atoms with Crippen molar-refractivity contribution < 1.29 is 8.42 Å². The highest BCUT2D eigenvalue weighted by atomic mass is 32.2. The molecule has 6 nitrogen and oxygen atoms in total. The fourth-order valence-corrected chi connectivity index (χ4v) is 5.47.